The Kier molecular flexibility index (Phi) is 8.32. The summed E-state index contributed by atoms with van der Waals surface area (Å²) in [6, 6.07) is 21.3. The van der Waals surface area contributed by atoms with Gasteiger partial charge in [-0.25, -0.2) is 4.98 Å². The van der Waals surface area contributed by atoms with E-state index in [1.807, 2.05) is 30.3 Å². The molecule has 10 heteroatoms. The Hall–Kier alpha value is -5.40. The normalized spacial score (nSPS) is 12.1. The number of hydrogen-bond donors (Lipinski definition) is 3. The van der Waals surface area contributed by atoms with E-state index in [4.69, 9.17) is 4.74 Å². The molecule has 0 fully saturated rings. The molecule has 1 aliphatic rings. The summed E-state index contributed by atoms with van der Waals surface area (Å²) in [5.41, 5.74) is 2.84. The number of aromatic nitrogens is 1. The van der Waals surface area contributed by atoms with Crippen LogP contribution in [0.3, 0.4) is 0 Å². The SMILES string of the molecule is COCCNc1nc(NCCc2ccccc2)c(C#N)c(C)c1/N=N/c1cccc2c1C(=O)c1cccc(O)c1C2=O. The first-order chi connectivity index (χ1) is 20.4. The van der Waals surface area contributed by atoms with Crippen molar-refractivity contribution in [1.29, 1.82) is 5.26 Å². The van der Waals surface area contributed by atoms with Gasteiger partial charge in [-0.3, -0.25) is 9.59 Å². The number of phenolic OH excluding ortho intramolecular Hbond substituents is 1. The maximum atomic E-state index is 13.4. The lowest BCUT2D eigenvalue weighted by molar-refractivity contribution is 0.0977. The summed E-state index contributed by atoms with van der Waals surface area (Å²) in [6.07, 6.45) is 0.743. The van der Waals surface area contributed by atoms with Crippen LogP contribution in [0.5, 0.6) is 5.75 Å². The number of hydrogen-bond acceptors (Lipinski definition) is 10. The first kappa shape index (κ1) is 28.1. The highest BCUT2D eigenvalue weighted by atomic mass is 16.5. The molecule has 10 nitrogen and oxygen atoms in total. The minimum absolute atomic E-state index is 0.0252. The maximum Gasteiger partial charge on any atom is 0.198 e. The Labute approximate surface area is 242 Å². The summed E-state index contributed by atoms with van der Waals surface area (Å²) >= 11 is 0. The number of nitrogens with zero attached hydrogens (tertiary/aromatic N) is 4. The number of nitriles is 1. The summed E-state index contributed by atoms with van der Waals surface area (Å²) in [4.78, 5) is 31.3. The molecule has 210 valence electrons. The molecule has 42 heavy (non-hydrogen) atoms. The van der Waals surface area contributed by atoms with Crippen molar-refractivity contribution in [2.24, 2.45) is 10.2 Å². The molecule has 4 aromatic rings. The Morgan fingerprint density at radius 1 is 0.881 bits per heavy atom. The molecule has 0 radical (unpaired) electrons. The number of azo groups is 1. The molecule has 1 heterocycles. The second-order valence-electron chi connectivity index (χ2n) is 9.61. The summed E-state index contributed by atoms with van der Waals surface area (Å²) < 4.78 is 5.17. The van der Waals surface area contributed by atoms with Gasteiger partial charge in [0.1, 0.15) is 23.3 Å². The third-order valence-electron chi connectivity index (χ3n) is 6.96. The summed E-state index contributed by atoms with van der Waals surface area (Å²) in [6.45, 7) is 3.15. The maximum absolute atomic E-state index is 13.4. The summed E-state index contributed by atoms with van der Waals surface area (Å²) in [5.74, 6) is -0.351. The molecule has 5 rings (SSSR count). The fourth-order valence-electron chi connectivity index (χ4n) is 4.84. The van der Waals surface area contributed by atoms with Crippen molar-refractivity contribution in [1.82, 2.24) is 4.98 Å². The van der Waals surface area contributed by atoms with Crippen LogP contribution >= 0.6 is 0 Å². The first-order valence-corrected chi connectivity index (χ1v) is 13.4. The van der Waals surface area contributed by atoms with E-state index in [9.17, 15) is 20.0 Å². The minimum Gasteiger partial charge on any atom is -0.507 e. The third kappa shape index (κ3) is 5.46. The molecular weight excluding hydrogens is 532 g/mol. The number of ether oxygens (including phenoxy) is 1. The molecule has 0 unspecified atom stereocenters. The lowest BCUT2D eigenvalue weighted by Gasteiger charge is -2.19. The Morgan fingerprint density at radius 2 is 1.57 bits per heavy atom. The average Bonchev–Trinajstić information content (AvgIpc) is 3.00. The number of carbonyl (C=O) groups excluding carboxylic acids is 2. The highest BCUT2D eigenvalue weighted by molar-refractivity contribution is 6.30. The highest BCUT2D eigenvalue weighted by Gasteiger charge is 2.33. The molecular formula is C32H28N6O4. The van der Waals surface area contributed by atoms with Crippen molar-refractivity contribution in [3.63, 3.8) is 0 Å². The van der Waals surface area contributed by atoms with Gasteiger partial charge in [-0.2, -0.15) is 5.26 Å². The van der Waals surface area contributed by atoms with E-state index in [0.717, 1.165) is 12.0 Å². The molecule has 0 saturated carbocycles. The topological polar surface area (TPSA) is 149 Å². The van der Waals surface area contributed by atoms with Gasteiger partial charge in [-0.05, 0) is 31.0 Å². The number of ketones is 2. The lowest BCUT2D eigenvalue weighted by Crippen LogP contribution is -2.21. The minimum atomic E-state index is -0.466. The zero-order valence-corrected chi connectivity index (χ0v) is 23.1. The molecule has 1 aliphatic carbocycles. The first-order valence-electron chi connectivity index (χ1n) is 13.4. The van der Waals surface area contributed by atoms with Crippen LogP contribution in [-0.2, 0) is 11.2 Å². The number of pyridine rings is 1. The van der Waals surface area contributed by atoms with E-state index >= 15 is 0 Å². The molecule has 0 aliphatic heterocycles. The van der Waals surface area contributed by atoms with Gasteiger partial charge in [0.25, 0.3) is 0 Å². The van der Waals surface area contributed by atoms with E-state index in [1.54, 1.807) is 26.2 Å². The van der Waals surface area contributed by atoms with Gasteiger partial charge in [-0.15, -0.1) is 10.2 Å². The Balaban J connectivity index is 1.51. The second kappa shape index (κ2) is 12.4. The number of nitrogens with one attached hydrogen (secondary N) is 2. The predicted octanol–water partition coefficient (Wildman–Crippen LogP) is 5.87. The second-order valence-corrected chi connectivity index (χ2v) is 9.61. The van der Waals surface area contributed by atoms with E-state index in [-0.39, 0.29) is 33.7 Å². The van der Waals surface area contributed by atoms with Crippen LogP contribution in [-0.4, -0.2) is 48.5 Å². The fourth-order valence-corrected chi connectivity index (χ4v) is 4.84. The van der Waals surface area contributed by atoms with E-state index in [1.165, 1.54) is 24.3 Å². The van der Waals surface area contributed by atoms with E-state index in [2.05, 4.69) is 31.9 Å². The number of phenols is 1. The van der Waals surface area contributed by atoms with Crippen molar-refractivity contribution in [2.45, 2.75) is 13.3 Å². The van der Waals surface area contributed by atoms with Gasteiger partial charge >= 0.3 is 0 Å². The predicted molar refractivity (Wildman–Crippen MR) is 158 cm³/mol. The number of rotatable bonds is 10. The molecule has 3 aromatic carbocycles. The summed E-state index contributed by atoms with van der Waals surface area (Å²) in [5, 5.41) is 35.6. The van der Waals surface area contributed by atoms with E-state index in [0.29, 0.717) is 48.1 Å². The number of fused-ring (bicyclic) bond motifs is 2. The van der Waals surface area contributed by atoms with Crippen molar-refractivity contribution in [2.75, 3.05) is 37.4 Å². The van der Waals surface area contributed by atoms with Crippen LogP contribution in [0.2, 0.25) is 0 Å². The smallest absolute Gasteiger partial charge is 0.198 e. The van der Waals surface area contributed by atoms with Gasteiger partial charge in [-0.1, -0.05) is 54.6 Å². The van der Waals surface area contributed by atoms with Gasteiger partial charge in [0.2, 0.25) is 0 Å². The monoisotopic (exact) mass is 560 g/mol. The van der Waals surface area contributed by atoms with Crippen molar-refractivity contribution < 1.29 is 19.4 Å². The quantitative estimate of drug-likeness (QED) is 0.142. The number of anilines is 2. The van der Waals surface area contributed by atoms with Gasteiger partial charge in [0.05, 0.1) is 29.0 Å². The molecule has 0 bridgehead atoms. The van der Waals surface area contributed by atoms with Crippen LogP contribution in [0.15, 0.2) is 77.0 Å². The van der Waals surface area contributed by atoms with Gasteiger partial charge in [0, 0.05) is 36.9 Å². The standard InChI is InChI=1S/C32H28N6O4/c1-19-23(18-33)31(34-15-14-20-8-4-3-5-9-20)36-32(35-16-17-42-2)28(19)38-37-24-12-6-10-21-26(24)29(40)22-11-7-13-25(39)27(22)30(21)41/h3-13,39H,14-17H2,1-2H3,(H2,34,35,36)/b38-37+. The Bertz CT molecular complexity index is 1740. The van der Waals surface area contributed by atoms with Crippen LogP contribution in [0.1, 0.15) is 48.5 Å². The van der Waals surface area contributed by atoms with Gasteiger partial charge in [0.15, 0.2) is 17.4 Å². The van der Waals surface area contributed by atoms with Crippen molar-refractivity contribution in [3.8, 4) is 11.8 Å². The van der Waals surface area contributed by atoms with Crippen LogP contribution < -0.4 is 10.6 Å². The van der Waals surface area contributed by atoms with Crippen molar-refractivity contribution >= 4 is 34.6 Å². The molecule has 3 N–H and O–H groups in total. The summed E-state index contributed by atoms with van der Waals surface area (Å²) in [7, 11) is 1.59. The zero-order chi connectivity index (χ0) is 29.6. The molecule has 0 atom stereocenters. The fraction of sp³-hybridized carbons (Fsp3) is 0.188. The number of methoxy groups -OCH3 is 1. The number of benzene rings is 3. The highest BCUT2D eigenvalue weighted by Crippen LogP contribution is 2.39. The molecule has 0 spiro atoms. The van der Waals surface area contributed by atoms with Gasteiger partial charge < -0.3 is 20.5 Å². The largest absolute Gasteiger partial charge is 0.507 e. The molecule has 0 saturated heterocycles. The lowest BCUT2D eigenvalue weighted by atomic mass is 9.83. The molecule has 0 amide bonds. The third-order valence-corrected chi connectivity index (χ3v) is 6.96. The Morgan fingerprint density at radius 3 is 2.31 bits per heavy atom. The number of carbonyl (C=O) groups is 2. The van der Waals surface area contributed by atoms with Crippen molar-refractivity contribution in [3.05, 3.63) is 106 Å². The van der Waals surface area contributed by atoms with Crippen LogP contribution in [0, 0.1) is 18.3 Å². The number of aromatic hydroxyl groups is 1. The van der Waals surface area contributed by atoms with Crippen LogP contribution in [0.25, 0.3) is 0 Å². The molecule has 1 aromatic heterocycles. The van der Waals surface area contributed by atoms with E-state index < -0.39 is 11.6 Å². The zero-order valence-electron chi connectivity index (χ0n) is 23.1. The average molecular weight is 561 g/mol. The van der Waals surface area contributed by atoms with Crippen LogP contribution in [0.4, 0.5) is 23.0 Å².